The van der Waals surface area contributed by atoms with Gasteiger partial charge in [-0.3, -0.25) is 9.59 Å². The van der Waals surface area contributed by atoms with E-state index in [1.165, 1.54) is 0 Å². The number of carbonyl (C=O) groups excluding carboxylic acids is 2. The highest BCUT2D eigenvalue weighted by Crippen LogP contribution is 2.14. The molecular formula is C19H28ClN3O2. The topological polar surface area (TPSA) is 61.4 Å². The number of likely N-dealkylation sites (tertiary alicyclic amines) is 1. The molecule has 6 heteroatoms. The molecule has 5 nitrogen and oxygen atoms in total. The van der Waals surface area contributed by atoms with Crippen LogP contribution in [0, 0.1) is 0 Å². The van der Waals surface area contributed by atoms with Gasteiger partial charge in [0.2, 0.25) is 11.8 Å². The van der Waals surface area contributed by atoms with Crippen LogP contribution in [-0.4, -0.2) is 42.4 Å². The van der Waals surface area contributed by atoms with E-state index in [-0.39, 0.29) is 17.9 Å². The van der Waals surface area contributed by atoms with Crippen LogP contribution < -0.4 is 10.6 Å². The predicted octanol–water partition coefficient (Wildman–Crippen LogP) is 3.44. The summed E-state index contributed by atoms with van der Waals surface area (Å²) in [4.78, 5) is 25.9. The third-order valence-corrected chi connectivity index (χ3v) is 4.64. The van der Waals surface area contributed by atoms with Crippen molar-refractivity contribution in [2.24, 2.45) is 0 Å². The van der Waals surface area contributed by atoms with E-state index in [2.05, 4.69) is 10.6 Å². The summed E-state index contributed by atoms with van der Waals surface area (Å²) in [6.45, 7) is 4.49. The molecule has 25 heavy (non-hydrogen) atoms. The van der Waals surface area contributed by atoms with Crippen LogP contribution in [0.4, 0.5) is 5.69 Å². The molecule has 2 N–H and O–H groups in total. The Bertz CT molecular complexity index is 562. The number of nitrogens with one attached hydrogen (secondary N) is 2. The summed E-state index contributed by atoms with van der Waals surface area (Å²) in [6, 6.07) is 7.17. The molecule has 0 radical (unpaired) electrons. The standard InChI is InChI=1S/C19H28ClN3O2/c1-15(14-18(24)22-17-9-7-16(20)8-10-17)21-11-5-13-23-12-4-2-3-6-19(23)25/h7-10,15,21H,2-6,11-14H2,1H3,(H,22,24). The highest BCUT2D eigenvalue weighted by Gasteiger charge is 2.16. The fourth-order valence-corrected chi connectivity index (χ4v) is 3.11. The molecule has 0 aromatic heterocycles. The molecule has 1 aromatic rings. The largest absolute Gasteiger partial charge is 0.343 e. The fourth-order valence-electron chi connectivity index (χ4n) is 2.99. The number of rotatable bonds is 8. The summed E-state index contributed by atoms with van der Waals surface area (Å²) < 4.78 is 0. The maximum atomic E-state index is 12.0. The molecule has 1 heterocycles. The van der Waals surface area contributed by atoms with Gasteiger partial charge in [-0.1, -0.05) is 18.0 Å². The zero-order valence-electron chi connectivity index (χ0n) is 14.9. The van der Waals surface area contributed by atoms with E-state index < -0.39 is 0 Å². The smallest absolute Gasteiger partial charge is 0.225 e. The Kier molecular flexibility index (Phi) is 8.22. The minimum absolute atomic E-state index is 0.0231. The first-order chi connectivity index (χ1) is 12.0. The maximum Gasteiger partial charge on any atom is 0.225 e. The molecule has 1 fully saturated rings. The van der Waals surface area contributed by atoms with Crippen LogP contribution >= 0.6 is 11.6 Å². The van der Waals surface area contributed by atoms with Gasteiger partial charge in [0.25, 0.3) is 0 Å². The SMILES string of the molecule is CC(CC(=O)Nc1ccc(Cl)cc1)NCCCN1CCCCCC1=O. The summed E-state index contributed by atoms with van der Waals surface area (Å²) in [5.41, 5.74) is 0.751. The van der Waals surface area contributed by atoms with Gasteiger partial charge in [-0.25, -0.2) is 0 Å². The van der Waals surface area contributed by atoms with Gasteiger partial charge in [-0.15, -0.1) is 0 Å². The van der Waals surface area contributed by atoms with Crippen LogP contribution in [0.15, 0.2) is 24.3 Å². The van der Waals surface area contributed by atoms with Gasteiger partial charge in [0.05, 0.1) is 0 Å². The van der Waals surface area contributed by atoms with Crippen molar-refractivity contribution in [2.45, 2.75) is 51.5 Å². The van der Waals surface area contributed by atoms with Gasteiger partial charge >= 0.3 is 0 Å². The first kappa shape index (κ1) is 19.7. The quantitative estimate of drug-likeness (QED) is 0.694. The number of anilines is 1. The van der Waals surface area contributed by atoms with Crippen LogP contribution in [0.3, 0.4) is 0 Å². The number of amides is 2. The molecule has 1 atom stereocenters. The lowest BCUT2D eigenvalue weighted by Crippen LogP contribution is -2.35. The zero-order chi connectivity index (χ0) is 18.1. The Hall–Kier alpha value is -1.59. The molecule has 2 rings (SSSR count). The second-order valence-corrected chi connectivity index (χ2v) is 7.10. The molecule has 2 amide bonds. The summed E-state index contributed by atoms with van der Waals surface area (Å²) in [7, 11) is 0. The van der Waals surface area contributed by atoms with Crippen molar-refractivity contribution in [2.75, 3.05) is 25.0 Å². The Balaban J connectivity index is 1.61. The van der Waals surface area contributed by atoms with Crippen molar-refractivity contribution in [3.63, 3.8) is 0 Å². The molecule has 138 valence electrons. The van der Waals surface area contributed by atoms with Crippen LogP contribution in [0.2, 0.25) is 5.02 Å². The normalized spacial score (nSPS) is 16.4. The molecule has 1 unspecified atom stereocenters. The molecule has 0 aliphatic carbocycles. The summed E-state index contributed by atoms with van der Waals surface area (Å²) in [5, 5.41) is 6.87. The van der Waals surface area contributed by atoms with Crippen molar-refractivity contribution < 1.29 is 9.59 Å². The van der Waals surface area contributed by atoms with E-state index in [1.54, 1.807) is 24.3 Å². The van der Waals surface area contributed by atoms with Crippen molar-refractivity contribution >= 4 is 29.1 Å². The van der Waals surface area contributed by atoms with E-state index in [9.17, 15) is 9.59 Å². The van der Waals surface area contributed by atoms with Crippen molar-refractivity contribution in [3.8, 4) is 0 Å². The highest BCUT2D eigenvalue weighted by molar-refractivity contribution is 6.30. The van der Waals surface area contributed by atoms with Gasteiger partial charge < -0.3 is 15.5 Å². The van der Waals surface area contributed by atoms with Crippen LogP contribution in [0.25, 0.3) is 0 Å². The Morgan fingerprint density at radius 2 is 2.00 bits per heavy atom. The Morgan fingerprint density at radius 1 is 1.24 bits per heavy atom. The van der Waals surface area contributed by atoms with E-state index in [0.717, 1.165) is 51.0 Å². The molecule has 0 spiro atoms. The summed E-state index contributed by atoms with van der Waals surface area (Å²) in [6.07, 6.45) is 5.29. The molecule has 0 saturated carbocycles. The first-order valence-electron chi connectivity index (χ1n) is 9.11. The monoisotopic (exact) mass is 365 g/mol. The number of carbonyl (C=O) groups is 2. The molecule has 1 aliphatic rings. The average Bonchev–Trinajstić information content (AvgIpc) is 2.78. The lowest BCUT2D eigenvalue weighted by atomic mass is 10.2. The van der Waals surface area contributed by atoms with Crippen LogP contribution in [-0.2, 0) is 9.59 Å². The number of halogens is 1. The van der Waals surface area contributed by atoms with E-state index in [4.69, 9.17) is 11.6 Å². The number of hydrogen-bond acceptors (Lipinski definition) is 3. The Labute approximate surface area is 155 Å². The maximum absolute atomic E-state index is 12.0. The minimum atomic E-state index is -0.0231. The van der Waals surface area contributed by atoms with Gasteiger partial charge in [-0.2, -0.15) is 0 Å². The highest BCUT2D eigenvalue weighted by atomic mass is 35.5. The Morgan fingerprint density at radius 3 is 2.76 bits per heavy atom. The molecule has 0 bridgehead atoms. The van der Waals surface area contributed by atoms with Crippen LogP contribution in [0.1, 0.15) is 45.4 Å². The number of hydrogen-bond donors (Lipinski definition) is 2. The first-order valence-corrected chi connectivity index (χ1v) is 9.49. The van der Waals surface area contributed by atoms with Crippen molar-refractivity contribution in [3.05, 3.63) is 29.3 Å². The molecule has 1 saturated heterocycles. The second-order valence-electron chi connectivity index (χ2n) is 6.66. The lowest BCUT2D eigenvalue weighted by molar-refractivity contribution is -0.130. The minimum Gasteiger partial charge on any atom is -0.343 e. The number of benzene rings is 1. The van der Waals surface area contributed by atoms with Crippen molar-refractivity contribution in [1.29, 1.82) is 0 Å². The zero-order valence-corrected chi connectivity index (χ0v) is 15.6. The predicted molar refractivity (Wildman–Crippen MR) is 102 cm³/mol. The fraction of sp³-hybridized carbons (Fsp3) is 0.579. The third kappa shape index (κ3) is 7.45. The van der Waals surface area contributed by atoms with Gasteiger partial charge in [0, 0.05) is 42.7 Å². The average molecular weight is 366 g/mol. The van der Waals surface area contributed by atoms with Crippen LogP contribution in [0.5, 0.6) is 0 Å². The third-order valence-electron chi connectivity index (χ3n) is 4.39. The summed E-state index contributed by atoms with van der Waals surface area (Å²) >= 11 is 5.83. The van der Waals surface area contributed by atoms with E-state index in [0.29, 0.717) is 17.9 Å². The van der Waals surface area contributed by atoms with Gasteiger partial charge in [-0.05, 0) is 57.0 Å². The van der Waals surface area contributed by atoms with E-state index in [1.807, 2.05) is 11.8 Å². The molecular weight excluding hydrogens is 338 g/mol. The summed E-state index contributed by atoms with van der Waals surface area (Å²) in [5.74, 6) is 0.262. The second kappa shape index (κ2) is 10.4. The lowest BCUT2D eigenvalue weighted by Gasteiger charge is -2.21. The van der Waals surface area contributed by atoms with Crippen molar-refractivity contribution in [1.82, 2.24) is 10.2 Å². The molecule has 1 aliphatic heterocycles. The number of nitrogens with zero attached hydrogens (tertiary/aromatic N) is 1. The molecule has 1 aromatic carbocycles. The van der Waals surface area contributed by atoms with Gasteiger partial charge in [0.15, 0.2) is 0 Å². The van der Waals surface area contributed by atoms with Gasteiger partial charge in [0.1, 0.15) is 0 Å². The van der Waals surface area contributed by atoms with E-state index >= 15 is 0 Å².